The topological polar surface area (TPSA) is 111 Å². The van der Waals surface area contributed by atoms with E-state index >= 15 is 0 Å². The van der Waals surface area contributed by atoms with Crippen molar-refractivity contribution in [2.24, 2.45) is 0 Å². The van der Waals surface area contributed by atoms with E-state index < -0.39 is 22.0 Å². The average molecular weight is 353 g/mol. The number of nitro groups is 2. The van der Waals surface area contributed by atoms with E-state index in [1.54, 1.807) is 41.2 Å². The summed E-state index contributed by atoms with van der Waals surface area (Å²) in [6.45, 7) is 0. The number of aromatic nitrogens is 1. The molecule has 0 aliphatic rings. The third-order valence-corrected chi connectivity index (χ3v) is 4.14. The molecule has 1 heterocycles. The molecular weight excluding hydrogens is 338 g/mol. The lowest BCUT2D eigenvalue weighted by molar-refractivity contribution is -0.385. The normalized spacial score (nSPS) is 13.1. The maximum atomic E-state index is 10.9. The Labute approximate surface area is 148 Å². The minimum atomic E-state index is -0.996. The summed E-state index contributed by atoms with van der Waals surface area (Å²) < 4.78 is 1.78. The van der Waals surface area contributed by atoms with E-state index in [0.717, 1.165) is 0 Å². The Kier molecular flexibility index (Phi) is 4.76. The van der Waals surface area contributed by atoms with E-state index in [2.05, 4.69) is 0 Å². The van der Waals surface area contributed by atoms with E-state index in [9.17, 15) is 25.3 Å². The van der Waals surface area contributed by atoms with Gasteiger partial charge in [0.2, 0.25) is 0 Å². The second kappa shape index (κ2) is 7.16. The number of nitrogens with zero attached hydrogens (tertiary/aromatic N) is 3. The molecule has 8 nitrogen and oxygen atoms in total. The third kappa shape index (κ3) is 3.45. The number of hydrogen-bond acceptors (Lipinski definition) is 5. The number of aliphatic hydroxyl groups is 1. The zero-order valence-corrected chi connectivity index (χ0v) is 13.5. The van der Waals surface area contributed by atoms with Gasteiger partial charge in [-0.05, 0) is 35.4 Å². The zero-order chi connectivity index (χ0) is 18.7. The molecule has 26 heavy (non-hydrogen) atoms. The van der Waals surface area contributed by atoms with Crippen molar-refractivity contribution in [2.45, 2.75) is 12.1 Å². The van der Waals surface area contributed by atoms with Crippen LogP contribution in [0.5, 0.6) is 0 Å². The lowest BCUT2D eigenvalue weighted by Crippen LogP contribution is -2.18. The zero-order valence-electron chi connectivity index (χ0n) is 13.5. The number of benzene rings is 2. The van der Waals surface area contributed by atoms with Gasteiger partial charge in [-0.1, -0.05) is 12.1 Å². The highest BCUT2D eigenvalue weighted by molar-refractivity contribution is 5.38. The molecule has 2 unspecified atom stereocenters. The number of rotatable bonds is 6. The van der Waals surface area contributed by atoms with Crippen LogP contribution in [0.15, 0.2) is 73.1 Å². The Balaban J connectivity index is 1.98. The molecule has 0 aliphatic carbocycles. The number of non-ortho nitro benzene ring substituents is 2. The molecule has 8 heteroatoms. The van der Waals surface area contributed by atoms with E-state index in [4.69, 9.17) is 0 Å². The molecule has 3 aromatic rings. The van der Waals surface area contributed by atoms with Crippen LogP contribution in [0.3, 0.4) is 0 Å². The number of aliphatic hydroxyl groups excluding tert-OH is 1. The molecule has 0 saturated heterocycles. The predicted molar refractivity (Wildman–Crippen MR) is 93.7 cm³/mol. The standard InChI is InChI=1S/C18H15N3O5/c22-18(14-5-9-16(10-6-14)21(25)26)17(19-11-1-2-12-19)13-3-7-15(8-4-13)20(23)24/h1-12,17-18,22H. The fourth-order valence-corrected chi connectivity index (χ4v) is 2.82. The molecule has 0 saturated carbocycles. The summed E-state index contributed by atoms with van der Waals surface area (Å²) >= 11 is 0. The first-order valence-corrected chi connectivity index (χ1v) is 7.76. The highest BCUT2D eigenvalue weighted by atomic mass is 16.6. The SMILES string of the molecule is O=[N+]([O-])c1ccc(C(O)C(c2ccc([N+](=O)[O-])cc2)n2cccc2)cc1. The van der Waals surface area contributed by atoms with Crippen molar-refractivity contribution in [3.63, 3.8) is 0 Å². The molecule has 0 amide bonds. The van der Waals surface area contributed by atoms with Crippen LogP contribution in [-0.4, -0.2) is 19.5 Å². The van der Waals surface area contributed by atoms with Crippen molar-refractivity contribution in [3.05, 3.63) is 104 Å². The van der Waals surface area contributed by atoms with Crippen LogP contribution >= 0.6 is 0 Å². The van der Waals surface area contributed by atoms with Crippen molar-refractivity contribution in [3.8, 4) is 0 Å². The molecule has 2 atom stereocenters. The molecule has 0 bridgehead atoms. The van der Waals surface area contributed by atoms with Crippen molar-refractivity contribution >= 4 is 11.4 Å². The molecule has 1 aromatic heterocycles. The Hall–Kier alpha value is -3.52. The Morgan fingerprint density at radius 1 is 0.769 bits per heavy atom. The predicted octanol–water partition coefficient (Wildman–Crippen LogP) is 3.63. The van der Waals surface area contributed by atoms with Crippen LogP contribution in [0.2, 0.25) is 0 Å². The second-order valence-corrected chi connectivity index (χ2v) is 5.72. The van der Waals surface area contributed by atoms with Gasteiger partial charge < -0.3 is 9.67 Å². The summed E-state index contributed by atoms with van der Waals surface area (Å²) in [5.74, 6) is 0. The van der Waals surface area contributed by atoms with Gasteiger partial charge in [-0.25, -0.2) is 0 Å². The maximum Gasteiger partial charge on any atom is 0.269 e. The summed E-state index contributed by atoms with van der Waals surface area (Å²) in [6, 6.07) is 14.7. The van der Waals surface area contributed by atoms with Crippen LogP contribution in [0, 0.1) is 20.2 Å². The van der Waals surface area contributed by atoms with E-state index in [-0.39, 0.29) is 11.4 Å². The average Bonchev–Trinajstić information content (AvgIpc) is 3.16. The van der Waals surface area contributed by atoms with Gasteiger partial charge in [-0.3, -0.25) is 20.2 Å². The van der Waals surface area contributed by atoms with Crippen LogP contribution in [-0.2, 0) is 0 Å². The van der Waals surface area contributed by atoms with Gasteiger partial charge in [0.15, 0.2) is 0 Å². The van der Waals surface area contributed by atoms with Gasteiger partial charge in [0, 0.05) is 36.7 Å². The fourth-order valence-electron chi connectivity index (χ4n) is 2.82. The molecule has 0 radical (unpaired) electrons. The smallest absolute Gasteiger partial charge is 0.269 e. The monoisotopic (exact) mass is 353 g/mol. The fraction of sp³-hybridized carbons (Fsp3) is 0.111. The van der Waals surface area contributed by atoms with E-state index in [1.807, 2.05) is 0 Å². The Bertz CT molecular complexity index is 905. The molecule has 3 rings (SSSR count). The van der Waals surface area contributed by atoms with Gasteiger partial charge in [-0.2, -0.15) is 0 Å². The van der Waals surface area contributed by atoms with Gasteiger partial charge in [0.25, 0.3) is 11.4 Å². The van der Waals surface area contributed by atoms with Crippen molar-refractivity contribution in [1.29, 1.82) is 0 Å². The Morgan fingerprint density at radius 2 is 1.19 bits per heavy atom. The van der Waals surface area contributed by atoms with Crippen LogP contribution in [0.4, 0.5) is 11.4 Å². The molecule has 1 N–H and O–H groups in total. The van der Waals surface area contributed by atoms with Gasteiger partial charge >= 0.3 is 0 Å². The third-order valence-electron chi connectivity index (χ3n) is 4.14. The van der Waals surface area contributed by atoms with Gasteiger partial charge in [0.1, 0.15) is 6.10 Å². The molecular formula is C18H15N3O5. The maximum absolute atomic E-state index is 10.9. The molecule has 132 valence electrons. The van der Waals surface area contributed by atoms with Crippen LogP contribution < -0.4 is 0 Å². The van der Waals surface area contributed by atoms with Gasteiger partial charge in [0.05, 0.1) is 15.9 Å². The molecule has 0 aliphatic heterocycles. The number of nitro benzene ring substituents is 2. The highest BCUT2D eigenvalue weighted by Crippen LogP contribution is 2.34. The molecule has 2 aromatic carbocycles. The van der Waals surface area contributed by atoms with Crippen molar-refractivity contribution in [1.82, 2.24) is 4.57 Å². The first kappa shape index (κ1) is 17.3. The first-order valence-electron chi connectivity index (χ1n) is 7.76. The lowest BCUT2D eigenvalue weighted by atomic mass is 9.95. The van der Waals surface area contributed by atoms with Gasteiger partial charge in [-0.15, -0.1) is 0 Å². The quantitative estimate of drug-likeness (QED) is 0.537. The lowest BCUT2D eigenvalue weighted by Gasteiger charge is -2.25. The number of hydrogen-bond donors (Lipinski definition) is 1. The van der Waals surface area contributed by atoms with Crippen molar-refractivity contribution in [2.75, 3.05) is 0 Å². The summed E-state index contributed by atoms with van der Waals surface area (Å²) in [7, 11) is 0. The van der Waals surface area contributed by atoms with E-state index in [1.165, 1.54) is 36.4 Å². The molecule has 0 fully saturated rings. The van der Waals surface area contributed by atoms with Crippen molar-refractivity contribution < 1.29 is 15.0 Å². The first-order chi connectivity index (χ1) is 12.5. The summed E-state index contributed by atoms with van der Waals surface area (Å²) in [6.07, 6.45) is 2.56. The van der Waals surface area contributed by atoms with Crippen LogP contribution in [0.1, 0.15) is 23.3 Å². The summed E-state index contributed by atoms with van der Waals surface area (Å²) in [4.78, 5) is 20.7. The largest absolute Gasteiger partial charge is 0.386 e. The molecule has 0 spiro atoms. The minimum absolute atomic E-state index is 0.0372. The van der Waals surface area contributed by atoms with E-state index in [0.29, 0.717) is 11.1 Å². The second-order valence-electron chi connectivity index (χ2n) is 5.72. The Morgan fingerprint density at radius 3 is 1.62 bits per heavy atom. The summed E-state index contributed by atoms with van der Waals surface area (Å²) in [5.41, 5.74) is 1.09. The minimum Gasteiger partial charge on any atom is -0.386 e. The van der Waals surface area contributed by atoms with Crippen LogP contribution in [0.25, 0.3) is 0 Å². The summed E-state index contributed by atoms with van der Waals surface area (Å²) in [5, 5.41) is 32.5. The highest BCUT2D eigenvalue weighted by Gasteiger charge is 2.25.